The number of carbonyl (C=O) groups is 1. The van der Waals surface area contributed by atoms with Crippen molar-refractivity contribution in [3.8, 4) is 5.75 Å². The van der Waals surface area contributed by atoms with E-state index in [1.54, 1.807) is 6.92 Å². The minimum Gasteiger partial charge on any atom is -0.465 e. The smallest absolute Gasteiger partial charge is 0.254 e. The molecule has 0 aliphatic rings. The van der Waals surface area contributed by atoms with E-state index in [0.29, 0.717) is 11.3 Å². The van der Waals surface area contributed by atoms with Crippen LogP contribution in [0.1, 0.15) is 12.5 Å². The highest BCUT2D eigenvalue weighted by Gasteiger charge is 2.05. The minimum absolute atomic E-state index is 0.175. The summed E-state index contributed by atoms with van der Waals surface area (Å²) in [4.78, 5) is 12.0. The van der Waals surface area contributed by atoms with E-state index in [2.05, 4.69) is 5.32 Å². The van der Waals surface area contributed by atoms with E-state index in [1.807, 2.05) is 61.5 Å². The van der Waals surface area contributed by atoms with Gasteiger partial charge in [-0.15, -0.1) is 0 Å². The average Bonchev–Trinajstić information content (AvgIpc) is 2.46. The lowest BCUT2D eigenvalue weighted by atomic mass is 10.2. The second-order valence-electron chi connectivity index (χ2n) is 4.56. The van der Waals surface area contributed by atoms with Gasteiger partial charge in [-0.2, -0.15) is 0 Å². The second kappa shape index (κ2) is 6.57. The summed E-state index contributed by atoms with van der Waals surface area (Å²) in [7, 11) is 0. The van der Waals surface area contributed by atoms with Crippen molar-refractivity contribution in [1.82, 2.24) is 0 Å². The first-order chi connectivity index (χ1) is 9.65. The number of carbonyl (C=O) groups excluding carboxylic acids is 1. The van der Waals surface area contributed by atoms with Gasteiger partial charge in [0.2, 0.25) is 0 Å². The van der Waals surface area contributed by atoms with Crippen LogP contribution < -0.4 is 10.1 Å². The van der Waals surface area contributed by atoms with Gasteiger partial charge in [0, 0.05) is 11.3 Å². The lowest BCUT2D eigenvalue weighted by Gasteiger charge is -2.06. The van der Waals surface area contributed by atoms with Gasteiger partial charge < -0.3 is 10.1 Å². The number of para-hydroxylation sites is 1. The lowest BCUT2D eigenvalue weighted by Crippen LogP contribution is -2.13. The molecule has 0 bridgehead atoms. The topological polar surface area (TPSA) is 38.3 Å². The molecule has 0 saturated carbocycles. The van der Waals surface area contributed by atoms with E-state index in [1.165, 1.54) is 6.26 Å². The highest BCUT2D eigenvalue weighted by atomic mass is 16.5. The molecule has 0 radical (unpaired) electrons. The van der Waals surface area contributed by atoms with Crippen LogP contribution in [0.4, 0.5) is 5.69 Å². The van der Waals surface area contributed by atoms with Crippen LogP contribution >= 0.6 is 0 Å². The van der Waals surface area contributed by atoms with Crippen molar-refractivity contribution < 1.29 is 9.53 Å². The van der Waals surface area contributed by atoms with E-state index in [9.17, 15) is 4.79 Å². The number of rotatable bonds is 4. The fourth-order valence-electron chi connectivity index (χ4n) is 1.66. The molecule has 2 aromatic rings. The lowest BCUT2D eigenvalue weighted by molar-refractivity contribution is -0.112. The summed E-state index contributed by atoms with van der Waals surface area (Å²) in [5.41, 5.74) is 2.39. The third kappa shape index (κ3) is 3.99. The van der Waals surface area contributed by atoms with Crippen LogP contribution in [-0.4, -0.2) is 5.91 Å². The molecule has 0 atom stereocenters. The molecule has 1 amide bonds. The molecule has 0 saturated heterocycles. The molecule has 3 nitrogen and oxygen atoms in total. The summed E-state index contributed by atoms with van der Waals surface area (Å²) in [5, 5.41) is 2.83. The fourth-order valence-corrected chi connectivity index (χ4v) is 1.66. The van der Waals surface area contributed by atoms with Crippen LogP contribution in [0.25, 0.3) is 0 Å². The van der Waals surface area contributed by atoms with Gasteiger partial charge in [0.1, 0.15) is 5.75 Å². The Hall–Kier alpha value is -2.55. The van der Waals surface area contributed by atoms with Gasteiger partial charge in [-0.1, -0.05) is 30.3 Å². The Morgan fingerprint density at radius 2 is 1.85 bits per heavy atom. The molecule has 0 aromatic heterocycles. The van der Waals surface area contributed by atoms with Crippen LogP contribution in [0.5, 0.6) is 5.75 Å². The number of hydrogen-bond donors (Lipinski definition) is 1. The summed E-state index contributed by atoms with van der Waals surface area (Å²) in [6, 6.07) is 17.0. The Bertz CT molecular complexity index is 618. The van der Waals surface area contributed by atoms with E-state index in [0.717, 1.165) is 11.3 Å². The third-order valence-electron chi connectivity index (χ3n) is 2.75. The van der Waals surface area contributed by atoms with Crippen molar-refractivity contribution in [2.75, 3.05) is 5.32 Å². The van der Waals surface area contributed by atoms with Crippen molar-refractivity contribution in [3.05, 3.63) is 72.0 Å². The zero-order chi connectivity index (χ0) is 14.4. The monoisotopic (exact) mass is 267 g/mol. The van der Waals surface area contributed by atoms with Crippen molar-refractivity contribution in [1.29, 1.82) is 0 Å². The van der Waals surface area contributed by atoms with Gasteiger partial charge in [-0.3, -0.25) is 4.79 Å². The van der Waals surface area contributed by atoms with Crippen LogP contribution in [0.3, 0.4) is 0 Å². The van der Waals surface area contributed by atoms with Gasteiger partial charge in [0.15, 0.2) is 0 Å². The van der Waals surface area contributed by atoms with E-state index < -0.39 is 0 Å². The molecule has 0 aliphatic heterocycles. The van der Waals surface area contributed by atoms with Gasteiger partial charge in [-0.25, -0.2) is 0 Å². The zero-order valence-electron chi connectivity index (χ0n) is 11.6. The highest BCUT2D eigenvalue weighted by molar-refractivity contribution is 6.03. The summed E-state index contributed by atoms with van der Waals surface area (Å²) < 4.78 is 5.43. The Balaban J connectivity index is 1.98. The summed E-state index contributed by atoms with van der Waals surface area (Å²) in [5.74, 6) is 0.529. The standard InChI is InChI=1S/C17H17NO2/c1-13-7-6-8-15(11-13)18-17(19)14(2)12-20-16-9-4-3-5-10-16/h3-12H,1-2H3,(H,18,19). The molecule has 0 heterocycles. The molecular weight excluding hydrogens is 250 g/mol. The van der Waals surface area contributed by atoms with Gasteiger partial charge in [0.05, 0.1) is 6.26 Å². The summed E-state index contributed by atoms with van der Waals surface area (Å²) in [6.45, 7) is 3.70. The van der Waals surface area contributed by atoms with E-state index in [-0.39, 0.29) is 5.91 Å². The molecule has 2 aromatic carbocycles. The average molecular weight is 267 g/mol. The van der Waals surface area contributed by atoms with Crippen LogP contribution in [0.2, 0.25) is 0 Å². The molecule has 1 N–H and O–H groups in total. The Labute approximate surface area is 118 Å². The SMILES string of the molecule is CC(=COc1ccccc1)C(=O)Nc1cccc(C)c1. The Kier molecular flexibility index (Phi) is 4.56. The molecule has 20 heavy (non-hydrogen) atoms. The molecule has 0 unspecified atom stereocenters. The van der Waals surface area contributed by atoms with Crippen molar-refractivity contribution in [2.24, 2.45) is 0 Å². The maximum Gasteiger partial charge on any atom is 0.254 e. The number of anilines is 1. The van der Waals surface area contributed by atoms with Gasteiger partial charge in [-0.05, 0) is 43.7 Å². The van der Waals surface area contributed by atoms with Crippen LogP contribution in [-0.2, 0) is 4.79 Å². The number of ether oxygens (including phenoxy) is 1. The molecule has 102 valence electrons. The Morgan fingerprint density at radius 1 is 1.10 bits per heavy atom. The van der Waals surface area contributed by atoms with Crippen molar-refractivity contribution in [2.45, 2.75) is 13.8 Å². The maximum absolute atomic E-state index is 12.0. The fraction of sp³-hybridized carbons (Fsp3) is 0.118. The molecule has 0 fully saturated rings. The first-order valence-corrected chi connectivity index (χ1v) is 6.41. The molecular formula is C17H17NO2. The Morgan fingerprint density at radius 3 is 2.55 bits per heavy atom. The van der Waals surface area contributed by atoms with Gasteiger partial charge >= 0.3 is 0 Å². The number of nitrogens with one attached hydrogen (secondary N) is 1. The largest absolute Gasteiger partial charge is 0.465 e. The molecule has 0 aliphatic carbocycles. The second-order valence-corrected chi connectivity index (χ2v) is 4.56. The number of hydrogen-bond acceptors (Lipinski definition) is 2. The van der Waals surface area contributed by atoms with E-state index >= 15 is 0 Å². The number of aryl methyl sites for hydroxylation is 1. The highest BCUT2D eigenvalue weighted by Crippen LogP contribution is 2.12. The van der Waals surface area contributed by atoms with Gasteiger partial charge in [0.25, 0.3) is 5.91 Å². The minimum atomic E-state index is -0.175. The zero-order valence-corrected chi connectivity index (χ0v) is 11.6. The number of benzene rings is 2. The van der Waals surface area contributed by atoms with Crippen molar-refractivity contribution in [3.63, 3.8) is 0 Å². The summed E-state index contributed by atoms with van der Waals surface area (Å²) in [6.07, 6.45) is 1.46. The predicted molar refractivity (Wildman–Crippen MR) is 80.6 cm³/mol. The van der Waals surface area contributed by atoms with Crippen molar-refractivity contribution >= 4 is 11.6 Å². The van der Waals surface area contributed by atoms with E-state index in [4.69, 9.17) is 4.74 Å². The first-order valence-electron chi connectivity index (χ1n) is 6.41. The third-order valence-corrected chi connectivity index (χ3v) is 2.75. The maximum atomic E-state index is 12.0. The van der Waals surface area contributed by atoms with Crippen LogP contribution in [0, 0.1) is 6.92 Å². The van der Waals surface area contributed by atoms with Crippen LogP contribution in [0.15, 0.2) is 66.4 Å². The normalized spacial score (nSPS) is 11.0. The summed E-state index contributed by atoms with van der Waals surface area (Å²) >= 11 is 0. The molecule has 3 heteroatoms. The quantitative estimate of drug-likeness (QED) is 0.673. The number of amides is 1. The molecule has 2 rings (SSSR count). The first kappa shape index (κ1) is 13.9. The molecule has 0 spiro atoms. The predicted octanol–water partition coefficient (Wildman–Crippen LogP) is 3.92.